The number of carbonyl (C=O) groups excluding carboxylic acids is 2. The molecule has 0 aliphatic carbocycles. The third-order valence-electron chi connectivity index (χ3n) is 11.7. The van der Waals surface area contributed by atoms with Gasteiger partial charge in [-0.3, -0.25) is 18.6 Å². The molecule has 8 nitrogen and oxygen atoms in total. The fraction of sp³-hybridized carbons (Fsp3) is 0.786. The van der Waals surface area contributed by atoms with E-state index in [0.717, 1.165) is 77.7 Å². The maximum absolute atomic E-state index is 12.6. The number of rotatable bonds is 50. The van der Waals surface area contributed by atoms with Crippen LogP contribution in [0.4, 0.5) is 0 Å². The van der Waals surface area contributed by atoms with Gasteiger partial charge < -0.3 is 14.4 Å². The van der Waals surface area contributed by atoms with Crippen LogP contribution in [-0.2, 0) is 32.7 Å². The summed E-state index contributed by atoms with van der Waals surface area (Å²) in [6.45, 7) is 3.81. The molecule has 1 N–H and O–H groups in total. The van der Waals surface area contributed by atoms with Crippen molar-refractivity contribution in [3.8, 4) is 0 Å². The molecule has 9 heteroatoms. The molecule has 2 unspecified atom stereocenters. The molecule has 0 radical (unpaired) electrons. The molecule has 65 heavy (non-hydrogen) atoms. The molecular weight excluding hydrogens is 832 g/mol. The predicted molar refractivity (Wildman–Crippen MR) is 276 cm³/mol. The number of hydrogen-bond acceptors (Lipinski definition) is 7. The highest BCUT2D eigenvalue weighted by atomic mass is 31.2. The molecule has 0 saturated carbocycles. The van der Waals surface area contributed by atoms with Gasteiger partial charge in [-0.05, 0) is 77.0 Å². The van der Waals surface area contributed by atoms with Crippen LogP contribution in [0.1, 0.15) is 258 Å². The Morgan fingerprint density at radius 2 is 0.785 bits per heavy atom. The molecule has 0 aliphatic heterocycles. The highest BCUT2D eigenvalue weighted by Gasteiger charge is 2.24. The summed E-state index contributed by atoms with van der Waals surface area (Å²) in [6.07, 6.45) is 65.7. The van der Waals surface area contributed by atoms with Crippen LogP contribution < -0.4 is 0 Å². The van der Waals surface area contributed by atoms with E-state index in [9.17, 15) is 19.0 Å². The normalized spacial score (nSPS) is 13.6. The summed E-state index contributed by atoms with van der Waals surface area (Å²) in [5.41, 5.74) is 0. The van der Waals surface area contributed by atoms with Gasteiger partial charge in [0, 0.05) is 20.0 Å². The Morgan fingerprint density at radius 1 is 0.446 bits per heavy atom. The zero-order valence-electron chi connectivity index (χ0n) is 42.4. The third-order valence-corrected chi connectivity index (χ3v) is 12.7. The highest BCUT2D eigenvalue weighted by Crippen LogP contribution is 2.42. The van der Waals surface area contributed by atoms with E-state index in [1.165, 1.54) is 154 Å². The second-order valence-electron chi connectivity index (χ2n) is 18.0. The number of phosphoric ester groups is 1. The van der Waals surface area contributed by atoms with Crippen LogP contribution in [0.15, 0.2) is 60.8 Å². The summed E-state index contributed by atoms with van der Waals surface area (Å²) in [5, 5.41) is 0. The number of allylic oxidation sites excluding steroid dienone is 10. The molecular formula is C56H101O8P. The second kappa shape index (κ2) is 51.1. The van der Waals surface area contributed by atoms with Gasteiger partial charge in [-0.1, -0.05) is 229 Å². The first-order chi connectivity index (χ1) is 31.8. The van der Waals surface area contributed by atoms with Crippen LogP contribution in [0.2, 0.25) is 0 Å². The van der Waals surface area contributed by atoms with E-state index in [-0.39, 0.29) is 19.0 Å². The maximum Gasteiger partial charge on any atom is 0.472 e. The number of ether oxygens (including phenoxy) is 2. The molecule has 0 saturated heterocycles. The Balaban J connectivity index is 3.88. The van der Waals surface area contributed by atoms with Crippen molar-refractivity contribution in [3.63, 3.8) is 0 Å². The first-order valence-electron chi connectivity index (χ1n) is 27.0. The number of esters is 2. The SMILES string of the molecule is CC/C=C\C/C=C\C/C=C\C/C=C\CCCCCCCCCCCCC(=O)OC(COC(=O)CCCCCCCCCCCCC/C=C\CCCCCCCCCC)COP(=O)(O)OC. The van der Waals surface area contributed by atoms with E-state index in [1.807, 2.05) is 0 Å². The smallest absolute Gasteiger partial charge is 0.462 e. The lowest BCUT2D eigenvalue weighted by Crippen LogP contribution is -2.29. The lowest BCUT2D eigenvalue weighted by Gasteiger charge is -2.19. The van der Waals surface area contributed by atoms with E-state index in [0.29, 0.717) is 12.8 Å². The fourth-order valence-corrected chi connectivity index (χ4v) is 8.11. The number of phosphoric acid groups is 1. The average Bonchev–Trinajstić information content (AvgIpc) is 3.30. The Labute approximate surface area is 400 Å². The van der Waals surface area contributed by atoms with Crippen LogP contribution in [0.25, 0.3) is 0 Å². The molecule has 0 aliphatic rings. The van der Waals surface area contributed by atoms with Crippen LogP contribution >= 0.6 is 7.82 Å². The molecule has 0 heterocycles. The van der Waals surface area contributed by atoms with Crippen molar-refractivity contribution in [3.05, 3.63) is 60.8 Å². The Bertz CT molecular complexity index is 1240. The lowest BCUT2D eigenvalue weighted by molar-refractivity contribution is -0.161. The van der Waals surface area contributed by atoms with E-state index in [4.69, 9.17) is 14.0 Å². The molecule has 378 valence electrons. The minimum absolute atomic E-state index is 0.227. The summed E-state index contributed by atoms with van der Waals surface area (Å²) in [4.78, 5) is 34.7. The van der Waals surface area contributed by atoms with Crippen molar-refractivity contribution < 1.29 is 37.6 Å². The van der Waals surface area contributed by atoms with Gasteiger partial charge in [0.25, 0.3) is 0 Å². The van der Waals surface area contributed by atoms with E-state index >= 15 is 0 Å². The predicted octanol–water partition coefficient (Wildman–Crippen LogP) is 17.8. The van der Waals surface area contributed by atoms with Crippen LogP contribution in [0, 0.1) is 0 Å². The van der Waals surface area contributed by atoms with Crippen molar-refractivity contribution in [2.75, 3.05) is 20.3 Å². The Morgan fingerprint density at radius 3 is 1.18 bits per heavy atom. The molecule has 0 bridgehead atoms. The summed E-state index contributed by atoms with van der Waals surface area (Å²) < 4.78 is 32.2. The lowest BCUT2D eigenvalue weighted by atomic mass is 10.0. The van der Waals surface area contributed by atoms with Gasteiger partial charge in [-0.25, -0.2) is 4.57 Å². The van der Waals surface area contributed by atoms with Crippen LogP contribution in [0.3, 0.4) is 0 Å². The van der Waals surface area contributed by atoms with Gasteiger partial charge in [-0.2, -0.15) is 0 Å². The monoisotopic (exact) mass is 933 g/mol. The summed E-state index contributed by atoms with van der Waals surface area (Å²) in [7, 11) is -3.21. The van der Waals surface area contributed by atoms with E-state index in [2.05, 4.69) is 79.1 Å². The topological polar surface area (TPSA) is 108 Å². The van der Waals surface area contributed by atoms with Gasteiger partial charge in [0.15, 0.2) is 6.10 Å². The first kappa shape index (κ1) is 62.8. The molecule has 0 aromatic rings. The quantitative estimate of drug-likeness (QED) is 0.0278. The largest absolute Gasteiger partial charge is 0.472 e. The van der Waals surface area contributed by atoms with Gasteiger partial charge in [0.1, 0.15) is 6.61 Å². The molecule has 0 aromatic heterocycles. The van der Waals surface area contributed by atoms with Crippen LogP contribution in [0.5, 0.6) is 0 Å². The zero-order valence-corrected chi connectivity index (χ0v) is 43.3. The maximum atomic E-state index is 12.6. The van der Waals surface area contributed by atoms with Crippen molar-refractivity contribution in [2.45, 2.75) is 264 Å². The Kier molecular flexibility index (Phi) is 49.4. The molecule has 2 atom stereocenters. The molecule has 0 aromatic carbocycles. The standard InChI is InChI=1S/C56H101O8P/c1-4-6-8-10-12-14-16-18-20-22-24-26-28-30-32-34-36-38-40-42-44-46-48-50-55(57)62-52-54(53-63-65(59,60)61-3)64-56(58)51-49-47-45-43-41-39-37-35-33-31-29-27-25-23-21-19-17-15-13-11-9-7-5-2/h7,9,13,15,19,21-22,24-25,27,54H,4-6,8,10-12,14,16-18,20,23,26,28-53H2,1-3H3,(H,59,60)/b9-7-,15-13-,21-19-,24-22-,27-25-. The average molecular weight is 933 g/mol. The summed E-state index contributed by atoms with van der Waals surface area (Å²) in [6, 6.07) is 0. The molecule has 0 amide bonds. The molecule has 0 fully saturated rings. The van der Waals surface area contributed by atoms with Crippen molar-refractivity contribution in [2.24, 2.45) is 0 Å². The third kappa shape index (κ3) is 51.0. The zero-order chi connectivity index (χ0) is 47.4. The summed E-state index contributed by atoms with van der Waals surface area (Å²) in [5.74, 6) is -0.803. The fourth-order valence-electron chi connectivity index (χ4n) is 7.65. The van der Waals surface area contributed by atoms with Crippen molar-refractivity contribution >= 4 is 19.8 Å². The minimum Gasteiger partial charge on any atom is -0.462 e. The minimum atomic E-state index is -4.27. The number of carbonyl (C=O) groups is 2. The van der Waals surface area contributed by atoms with E-state index < -0.39 is 26.5 Å². The van der Waals surface area contributed by atoms with Crippen LogP contribution in [-0.4, -0.2) is 43.3 Å². The van der Waals surface area contributed by atoms with Gasteiger partial charge in [0.05, 0.1) is 6.61 Å². The first-order valence-corrected chi connectivity index (χ1v) is 28.5. The molecule has 0 rings (SSSR count). The Hall–Kier alpha value is -2.25. The van der Waals surface area contributed by atoms with E-state index in [1.54, 1.807) is 0 Å². The van der Waals surface area contributed by atoms with Gasteiger partial charge in [-0.15, -0.1) is 0 Å². The van der Waals surface area contributed by atoms with Crippen molar-refractivity contribution in [1.82, 2.24) is 0 Å². The van der Waals surface area contributed by atoms with Crippen molar-refractivity contribution in [1.29, 1.82) is 0 Å². The number of hydrogen-bond donors (Lipinski definition) is 1. The second-order valence-corrected chi connectivity index (χ2v) is 19.5. The molecule has 0 spiro atoms. The highest BCUT2D eigenvalue weighted by molar-refractivity contribution is 7.47. The number of unbranched alkanes of at least 4 members (excludes halogenated alkanes) is 29. The van der Waals surface area contributed by atoms with Gasteiger partial charge in [0.2, 0.25) is 0 Å². The summed E-state index contributed by atoms with van der Waals surface area (Å²) >= 11 is 0. The van der Waals surface area contributed by atoms with Gasteiger partial charge >= 0.3 is 19.8 Å².